The minimum absolute atomic E-state index is 0.135. The predicted octanol–water partition coefficient (Wildman–Crippen LogP) is 4.58. The summed E-state index contributed by atoms with van der Waals surface area (Å²) in [6.45, 7) is 4.86. The maximum Gasteiger partial charge on any atom is 0.318 e. The van der Waals surface area contributed by atoms with Gasteiger partial charge >= 0.3 is 6.01 Å². The van der Waals surface area contributed by atoms with Crippen LogP contribution in [0.1, 0.15) is 36.3 Å². The number of hydrogen-bond acceptors (Lipinski definition) is 6. The van der Waals surface area contributed by atoms with Crippen LogP contribution in [-0.4, -0.2) is 60.1 Å². The van der Waals surface area contributed by atoms with Gasteiger partial charge in [0, 0.05) is 30.1 Å². The number of rotatable bonds is 9. The summed E-state index contributed by atoms with van der Waals surface area (Å²) in [6.07, 6.45) is 4.42. The van der Waals surface area contributed by atoms with E-state index in [1.807, 2.05) is 12.1 Å². The molecule has 3 aliphatic rings. The van der Waals surface area contributed by atoms with Gasteiger partial charge in [0.05, 0.1) is 5.52 Å². The highest BCUT2D eigenvalue weighted by molar-refractivity contribution is 5.93. The van der Waals surface area contributed by atoms with E-state index in [1.165, 1.54) is 23.6 Å². The fraction of sp³-hybridized carbons (Fsp3) is 0.414. The zero-order valence-electron chi connectivity index (χ0n) is 21.4. The van der Waals surface area contributed by atoms with Gasteiger partial charge in [0.25, 0.3) is 5.91 Å². The molecule has 3 atom stereocenters. The molecule has 1 saturated heterocycles. The van der Waals surface area contributed by atoms with Crippen LogP contribution in [0.25, 0.3) is 22.0 Å². The van der Waals surface area contributed by atoms with E-state index in [0.29, 0.717) is 40.7 Å². The van der Waals surface area contributed by atoms with Crippen LogP contribution in [0.15, 0.2) is 42.7 Å². The molecule has 2 N–H and O–H groups in total. The van der Waals surface area contributed by atoms with Gasteiger partial charge in [0.2, 0.25) is 0 Å². The summed E-state index contributed by atoms with van der Waals surface area (Å²) in [5, 5.41) is 6.06. The van der Waals surface area contributed by atoms with Crippen LogP contribution >= 0.6 is 0 Å². The molecule has 3 aromatic rings. The molecule has 2 aromatic carbocycles. The molecule has 7 nitrogen and oxygen atoms in total. The van der Waals surface area contributed by atoms with Crippen LogP contribution in [0, 0.1) is 11.7 Å². The minimum Gasteiger partial charge on any atom is -0.462 e. The lowest BCUT2D eigenvalue weighted by Crippen LogP contribution is -2.31. The molecule has 0 spiro atoms. The van der Waals surface area contributed by atoms with Crippen molar-refractivity contribution in [2.24, 2.45) is 5.92 Å². The van der Waals surface area contributed by atoms with E-state index in [1.54, 1.807) is 6.07 Å². The largest absolute Gasteiger partial charge is 0.462 e. The molecule has 6 rings (SSSR count). The SMILES string of the molecule is C=C(F)C(=O)NCCNc1nc(OC[C@@H]2CCCN2C)nc2cc(-c3cccc4c3[C@H]3C[C@H]3C4)c(F)cc12. The molecule has 1 saturated carbocycles. The molecular weight excluding hydrogens is 488 g/mol. The summed E-state index contributed by atoms with van der Waals surface area (Å²) in [6, 6.07) is 9.89. The molecule has 38 heavy (non-hydrogen) atoms. The quantitative estimate of drug-likeness (QED) is 0.318. The highest BCUT2D eigenvalue weighted by Crippen LogP contribution is 2.58. The second-order valence-electron chi connectivity index (χ2n) is 10.6. The van der Waals surface area contributed by atoms with Gasteiger partial charge in [-0.15, -0.1) is 0 Å². The second-order valence-corrected chi connectivity index (χ2v) is 10.6. The van der Waals surface area contributed by atoms with Crippen LogP contribution in [0.2, 0.25) is 0 Å². The topological polar surface area (TPSA) is 79.4 Å². The number of nitrogens with one attached hydrogen (secondary N) is 2. The Morgan fingerprint density at radius 2 is 2.11 bits per heavy atom. The summed E-state index contributed by atoms with van der Waals surface area (Å²) in [5.74, 6) is -0.653. The Balaban J connectivity index is 1.33. The van der Waals surface area contributed by atoms with E-state index < -0.39 is 11.7 Å². The molecule has 0 bridgehead atoms. The first kappa shape index (κ1) is 24.7. The lowest BCUT2D eigenvalue weighted by atomic mass is 9.93. The number of amides is 1. The number of benzene rings is 2. The first-order valence-corrected chi connectivity index (χ1v) is 13.2. The van der Waals surface area contributed by atoms with Crippen molar-refractivity contribution in [3.63, 3.8) is 0 Å². The lowest BCUT2D eigenvalue weighted by Gasteiger charge is -2.19. The molecule has 0 radical (unpaired) electrons. The Hall–Kier alpha value is -3.59. The average molecular weight is 520 g/mol. The van der Waals surface area contributed by atoms with Crippen LogP contribution in [0.3, 0.4) is 0 Å². The minimum atomic E-state index is -1.05. The number of carbonyl (C=O) groups is 1. The maximum absolute atomic E-state index is 15.6. The van der Waals surface area contributed by atoms with Gasteiger partial charge in [-0.25, -0.2) is 8.78 Å². The van der Waals surface area contributed by atoms with Gasteiger partial charge in [-0.05, 0) is 79.9 Å². The molecule has 1 amide bonds. The zero-order chi connectivity index (χ0) is 26.4. The van der Waals surface area contributed by atoms with Gasteiger partial charge in [-0.3, -0.25) is 4.79 Å². The number of likely N-dealkylation sites (N-methyl/N-ethyl adjacent to an activating group) is 1. The van der Waals surface area contributed by atoms with Crippen molar-refractivity contribution >= 4 is 22.6 Å². The number of nitrogens with zero attached hydrogens (tertiary/aromatic N) is 3. The van der Waals surface area contributed by atoms with Gasteiger partial charge in [-0.1, -0.05) is 24.8 Å². The first-order valence-electron chi connectivity index (χ1n) is 13.2. The van der Waals surface area contributed by atoms with Crippen molar-refractivity contribution < 1.29 is 18.3 Å². The maximum atomic E-state index is 15.6. The van der Waals surface area contributed by atoms with E-state index in [4.69, 9.17) is 4.74 Å². The highest BCUT2D eigenvalue weighted by Gasteiger charge is 2.46. The number of carbonyl (C=O) groups excluding carboxylic acids is 1. The first-order chi connectivity index (χ1) is 18.4. The number of fused-ring (bicyclic) bond motifs is 4. The zero-order valence-corrected chi connectivity index (χ0v) is 21.4. The third kappa shape index (κ3) is 4.71. The van der Waals surface area contributed by atoms with Gasteiger partial charge in [0.1, 0.15) is 18.2 Å². The van der Waals surface area contributed by atoms with Gasteiger partial charge in [-0.2, -0.15) is 9.97 Å². The van der Waals surface area contributed by atoms with Crippen molar-refractivity contribution in [2.75, 3.05) is 38.6 Å². The third-order valence-electron chi connectivity index (χ3n) is 8.05. The molecule has 1 aromatic heterocycles. The summed E-state index contributed by atoms with van der Waals surface area (Å²) < 4.78 is 34.6. The van der Waals surface area contributed by atoms with Crippen LogP contribution in [-0.2, 0) is 11.2 Å². The van der Waals surface area contributed by atoms with Crippen molar-refractivity contribution in [1.29, 1.82) is 0 Å². The summed E-state index contributed by atoms with van der Waals surface area (Å²) in [5.41, 5.74) is 4.62. The molecule has 0 unspecified atom stereocenters. The van der Waals surface area contributed by atoms with E-state index in [0.717, 1.165) is 31.4 Å². The Labute approximate surface area is 220 Å². The third-order valence-corrected chi connectivity index (χ3v) is 8.05. The van der Waals surface area contributed by atoms with E-state index >= 15 is 4.39 Å². The predicted molar refractivity (Wildman–Crippen MR) is 142 cm³/mol. The fourth-order valence-electron chi connectivity index (χ4n) is 5.92. The lowest BCUT2D eigenvalue weighted by molar-refractivity contribution is -0.118. The Kier molecular flexibility index (Phi) is 6.47. The number of ether oxygens (including phenoxy) is 1. The van der Waals surface area contributed by atoms with Crippen LogP contribution in [0.5, 0.6) is 6.01 Å². The number of anilines is 1. The number of likely N-dealkylation sites (tertiary alicyclic amines) is 1. The molecule has 2 fully saturated rings. The summed E-state index contributed by atoms with van der Waals surface area (Å²) in [7, 11) is 2.08. The van der Waals surface area contributed by atoms with E-state index in [-0.39, 0.29) is 31.0 Å². The monoisotopic (exact) mass is 519 g/mol. The molecule has 198 valence electrons. The van der Waals surface area contributed by atoms with Crippen molar-refractivity contribution in [3.05, 3.63) is 59.7 Å². The molecule has 9 heteroatoms. The fourth-order valence-corrected chi connectivity index (χ4v) is 5.92. The van der Waals surface area contributed by atoms with Crippen molar-refractivity contribution in [1.82, 2.24) is 20.2 Å². The molecule has 2 aliphatic carbocycles. The van der Waals surface area contributed by atoms with E-state index in [9.17, 15) is 9.18 Å². The molecular formula is C29H31F2N5O2. The number of hydrogen-bond donors (Lipinski definition) is 2. The van der Waals surface area contributed by atoms with Crippen LogP contribution < -0.4 is 15.4 Å². The van der Waals surface area contributed by atoms with Gasteiger partial charge in [0.15, 0.2) is 5.83 Å². The summed E-state index contributed by atoms with van der Waals surface area (Å²) >= 11 is 0. The van der Waals surface area contributed by atoms with Crippen molar-refractivity contribution in [2.45, 2.75) is 37.6 Å². The van der Waals surface area contributed by atoms with Gasteiger partial charge < -0.3 is 20.3 Å². The molecule has 1 aliphatic heterocycles. The smallest absolute Gasteiger partial charge is 0.318 e. The highest BCUT2D eigenvalue weighted by atomic mass is 19.1. The van der Waals surface area contributed by atoms with E-state index in [2.05, 4.69) is 45.2 Å². The standard InChI is InChI=1S/C29H31F2N5O2/c1-16(30)28(37)33-9-8-32-27-23-13-24(31)22(20-7-3-5-17-11-18-12-21(18)26(17)20)14-25(23)34-29(35-27)38-15-19-6-4-10-36(19)2/h3,5,7,13-14,18-19,21H,1,4,6,8-12,15H2,2H3,(H,33,37)(H,32,34,35)/t18-,19+,21+/m1/s1. The number of aromatic nitrogens is 2. The van der Waals surface area contributed by atoms with Crippen LogP contribution in [0.4, 0.5) is 14.6 Å². The Bertz CT molecular complexity index is 1430. The second kappa shape index (κ2) is 9.94. The Morgan fingerprint density at radius 1 is 1.24 bits per heavy atom. The van der Waals surface area contributed by atoms with Crippen molar-refractivity contribution in [3.8, 4) is 17.1 Å². The normalized spacial score (nSPS) is 21.7. The average Bonchev–Trinajstić information content (AvgIpc) is 3.37. The number of halogens is 2. The summed E-state index contributed by atoms with van der Waals surface area (Å²) in [4.78, 5) is 22.9. The molecule has 2 heterocycles. The Morgan fingerprint density at radius 3 is 2.89 bits per heavy atom.